The molecule has 0 atom stereocenters. The van der Waals surface area contributed by atoms with Crippen LogP contribution in [-0.2, 0) is 10.2 Å². The molecule has 0 unspecified atom stereocenters. The Hall–Kier alpha value is -1.03. The van der Waals surface area contributed by atoms with Crippen LogP contribution in [-0.4, -0.2) is 17.6 Å². The van der Waals surface area contributed by atoms with Crippen molar-refractivity contribution in [2.75, 3.05) is 11.4 Å². The topological polar surface area (TPSA) is 40.5 Å². The highest BCUT2D eigenvalue weighted by atomic mass is 79.9. The van der Waals surface area contributed by atoms with E-state index < -0.39 is 5.41 Å². The Bertz CT molecular complexity index is 468. The number of hydrogen-bond acceptors (Lipinski definition) is 2. The number of aromatic hydroxyl groups is 1. The Kier molecular flexibility index (Phi) is 2.49. The maximum atomic E-state index is 12.2. The van der Waals surface area contributed by atoms with Crippen molar-refractivity contribution in [3.8, 4) is 5.75 Å². The molecule has 1 aliphatic rings. The Morgan fingerprint density at radius 1 is 1.44 bits per heavy atom. The van der Waals surface area contributed by atoms with Crippen LogP contribution in [0.2, 0.25) is 0 Å². The lowest BCUT2D eigenvalue weighted by Crippen LogP contribution is -2.35. The average molecular weight is 284 g/mol. The summed E-state index contributed by atoms with van der Waals surface area (Å²) in [6, 6.07) is 3.53. The van der Waals surface area contributed by atoms with Gasteiger partial charge >= 0.3 is 0 Å². The van der Waals surface area contributed by atoms with Crippen molar-refractivity contribution in [1.82, 2.24) is 0 Å². The fourth-order valence-corrected chi connectivity index (χ4v) is 2.65. The molecule has 1 amide bonds. The second-order valence-electron chi connectivity index (χ2n) is 4.50. The highest BCUT2D eigenvalue weighted by molar-refractivity contribution is 9.10. The van der Waals surface area contributed by atoms with E-state index in [-0.39, 0.29) is 11.7 Å². The molecule has 1 aromatic carbocycles. The minimum Gasteiger partial charge on any atom is -0.506 e. The van der Waals surface area contributed by atoms with Crippen LogP contribution in [0.15, 0.2) is 16.6 Å². The van der Waals surface area contributed by atoms with Crippen LogP contribution in [0.1, 0.15) is 26.3 Å². The number of amides is 1. The normalized spacial score (nSPS) is 17.8. The van der Waals surface area contributed by atoms with Crippen LogP contribution in [0.5, 0.6) is 5.75 Å². The molecule has 0 aliphatic carbocycles. The molecular weight excluding hydrogens is 270 g/mol. The fourth-order valence-electron chi connectivity index (χ4n) is 2.20. The number of nitrogens with zero attached hydrogens (tertiary/aromatic N) is 1. The standard InChI is InChI=1S/C12H14BrNO2/c1-4-14-10-8(12(2,3)11(14)16)5-7(13)6-9(10)15/h5-6,15H,4H2,1-3H3. The first kappa shape index (κ1) is 11.5. The smallest absolute Gasteiger partial charge is 0.237 e. The van der Waals surface area contributed by atoms with Crippen LogP contribution in [0.4, 0.5) is 5.69 Å². The summed E-state index contributed by atoms with van der Waals surface area (Å²) in [6.45, 7) is 6.25. The van der Waals surface area contributed by atoms with Gasteiger partial charge in [-0.05, 0) is 38.5 Å². The van der Waals surface area contributed by atoms with Crippen LogP contribution in [0.3, 0.4) is 0 Å². The maximum absolute atomic E-state index is 12.2. The molecule has 4 heteroatoms. The summed E-state index contributed by atoms with van der Waals surface area (Å²) in [4.78, 5) is 13.8. The van der Waals surface area contributed by atoms with E-state index in [1.807, 2.05) is 26.8 Å². The van der Waals surface area contributed by atoms with Gasteiger partial charge in [-0.1, -0.05) is 15.9 Å². The van der Waals surface area contributed by atoms with Gasteiger partial charge in [-0.3, -0.25) is 4.79 Å². The van der Waals surface area contributed by atoms with Crippen molar-refractivity contribution in [1.29, 1.82) is 0 Å². The third kappa shape index (κ3) is 1.36. The number of phenols is 1. The van der Waals surface area contributed by atoms with Gasteiger partial charge in [0.1, 0.15) is 5.75 Å². The molecule has 1 aliphatic heterocycles. The van der Waals surface area contributed by atoms with Gasteiger partial charge in [-0.2, -0.15) is 0 Å². The van der Waals surface area contributed by atoms with Crippen LogP contribution in [0.25, 0.3) is 0 Å². The van der Waals surface area contributed by atoms with E-state index in [4.69, 9.17) is 0 Å². The van der Waals surface area contributed by atoms with Crippen molar-refractivity contribution in [2.24, 2.45) is 0 Å². The maximum Gasteiger partial charge on any atom is 0.237 e. The molecule has 0 saturated heterocycles. The number of benzene rings is 1. The first-order chi connectivity index (χ1) is 7.39. The van der Waals surface area contributed by atoms with Crippen LogP contribution < -0.4 is 4.90 Å². The molecule has 1 N–H and O–H groups in total. The van der Waals surface area contributed by atoms with Crippen molar-refractivity contribution in [3.63, 3.8) is 0 Å². The molecule has 86 valence electrons. The van der Waals surface area contributed by atoms with Gasteiger partial charge in [-0.25, -0.2) is 0 Å². The molecule has 0 radical (unpaired) electrons. The van der Waals surface area contributed by atoms with E-state index in [9.17, 15) is 9.90 Å². The second-order valence-corrected chi connectivity index (χ2v) is 5.41. The van der Waals surface area contributed by atoms with E-state index in [0.29, 0.717) is 12.2 Å². The van der Waals surface area contributed by atoms with Crippen molar-refractivity contribution in [2.45, 2.75) is 26.2 Å². The Balaban J connectivity index is 2.74. The minimum atomic E-state index is -0.563. The Morgan fingerprint density at radius 3 is 2.62 bits per heavy atom. The number of fused-ring (bicyclic) bond motifs is 1. The highest BCUT2D eigenvalue weighted by Gasteiger charge is 2.44. The predicted molar refractivity (Wildman–Crippen MR) is 66.9 cm³/mol. The first-order valence-electron chi connectivity index (χ1n) is 5.24. The molecule has 2 rings (SSSR count). The van der Waals surface area contributed by atoms with Crippen LogP contribution >= 0.6 is 15.9 Å². The average Bonchev–Trinajstić information content (AvgIpc) is 2.38. The molecule has 1 heterocycles. The fraction of sp³-hybridized carbons (Fsp3) is 0.417. The molecule has 16 heavy (non-hydrogen) atoms. The molecule has 0 fully saturated rings. The van der Waals surface area contributed by atoms with Gasteiger partial charge in [0.15, 0.2) is 0 Å². The Morgan fingerprint density at radius 2 is 2.06 bits per heavy atom. The van der Waals surface area contributed by atoms with E-state index >= 15 is 0 Å². The highest BCUT2D eigenvalue weighted by Crippen LogP contribution is 2.47. The predicted octanol–water partition coefficient (Wildman–Crippen LogP) is 2.80. The number of hydrogen-bond donors (Lipinski definition) is 1. The van der Waals surface area contributed by atoms with Gasteiger partial charge in [-0.15, -0.1) is 0 Å². The molecule has 0 bridgehead atoms. The van der Waals surface area contributed by atoms with E-state index in [0.717, 1.165) is 10.0 Å². The molecule has 0 aromatic heterocycles. The SMILES string of the molecule is CCN1C(=O)C(C)(C)c2cc(Br)cc(O)c21. The molecule has 1 aromatic rings. The van der Waals surface area contributed by atoms with Gasteiger partial charge < -0.3 is 10.0 Å². The number of phenolic OH excluding ortho intramolecular Hbond substituents is 1. The third-order valence-corrected chi connectivity index (χ3v) is 3.55. The van der Waals surface area contributed by atoms with Gasteiger partial charge in [0.2, 0.25) is 5.91 Å². The number of halogens is 1. The van der Waals surface area contributed by atoms with Gasteiger partial charge in [0.25, 0.3) is 0 Å². The molecular formula is C12H14BrNO2. The van der Waals surface area contributed by atoms with Gasteiger partial charge in [0, 0.05) is 11.0 Å². The van der Waals surface area contributed by atoms with Crippen molar-refractivity contribution < 1.29 is 9.90 Å². The largest absolute Gasteiger partial charge is 0.506 e. The quantitative estimate of drug-likeness (QED) is 0.861. The number of carbonyl (C=O) groups excluding carboxylic acids is 1. The van der Waals surface area contributed by atoms with E-state index in [2.05, 4.69) is 15.9 Å². The van der Waals surface area contributed by atoms with E-state index in [1.54, 1.807) is 11.0 Å². The van der Waals surface area contributed by atoms with E-state index in [1.165, 1.54) is 0 Å². The second kappa shape index (κ2) is 3.48. The van der Waals surface area contributed by atoms with Crippen molar-refractivity contribution in [3.05, 3.63) is 22.2 Å². The summed E-state index contributed by atoms with van der Waals surface area (Å²) >= 11 is 3.34. The monoisotopic (exact) mass is 283 g/mol. The number of carbonyl (C=O) groups is 1. The lowest BCUT2D eigenvalue weighted by Gasteiger charge is -2.18. The van der Waals surface area contributed by atoms with Crippen molar-refractivity contribution >= 4 is 27.5 Å². The number of rotatable bonds is 1. The summed E-state index contributed by atoms with van der Waals surface area (Å²) in [5, 5.41) is 9.94. The summed E-state index contributed by atoms with van der Waals surface area (Å²) in [5.41, 5.74) is 0.971. The Labute approximate surface area is 103 Å². The number of likely N-dealkylation sites (N-methyl/N-ethyl adjacent to an activating group) is 1. The lowest BCUT2D eigenvalue weighted by molar-refractivity contribution is -0.122. The van der Waals surface area contributed by atoms with Gasteiger partial charge in [0.05, 0.1) is 11.1 Å². The zero-order valence-electron chi connectivity index (χ0n) is 9.54. The molecule has 0 spiro atoms. The summed E-state index contributed by atoms with van der Waals surface area (Å²) in [7, 11) is 0. The van der Waals surface area contributed by atoms with Crippen LogP contribution in [0, 0.1) is 0 Å². The summed E-state index contributed by atoms with van der Waals surface area (Å²) < 4.78 is 0.794. The molecule has 3 nitrogen and oxygen atoms in total. The lowest BCUT2D eigenvalue weighted by atomic mass is 9.86. The first-order valence-corrected chi connectivity index (χ1v) is 6.03. The zero-order chi connectivity index (χ0) is 12.1. The third-order valence-electron chi connectivity index (χ3n) is 3.09. The number of anilines is 1. The summed E-state index contributed by atoms with van der Waals surface area (Å²) in [5.74, 6) is 0.198. The zero-order valence-corrected chi connectivity index (χ0v) is 11.1. The minimum absolute atomic E-state index is 0.0402. The summed E-state index contributed by atoms with van der Waals surface area (Å²) in [6.07, 6.45) is 0. The molecule has 0 saturated carbocycles.